The van der Waals surface area contributed by atoms with Gasteiger partial charge in [0.15, 0.2) is 0 Å². The van der Waals surface area contributed by atoms with Crippen molar-refractivity contribution in [1.82, 2.24) is 14.9 Å². The number of hydrogen-bond donors (Lipinski definition) is 1. The van der Waals surface area contributed by atoms with Crippen LogP contribution in [0.3, 0.4) is 0 Å². The number of likely N-dealkylation sites (tertiary alicyclic amines) is 1. The third-order valence-electron chi connectivity index (χ3n) is 4.76. The maximum absolute atomic E-state index is 13.3. The van der Waals surface area contributed by atoms with Crippen molar-refractivity contribution in [1.29, 1.82) is 0 Å². The molecule has 0 radical (unpaired) electrons. The molecule has 1 amide bonds. The average molecular weight is 323 g/mol. The highest BCUT2D eigenvalue weighted by atomic mass is 19.1. The Morgan fingerprint density at radius 1 is 1.21 bits per heavy atom. The first-order valence-corrected chi connectivity index (χ1v) is 8.19. The molecule has 3 heterocycles. The topological polar surface area (TPSA) is 49.0 Å². The molecule has 1 saturated heterocycles. The minimum atomic E-state index is -0.374. The molecule has 0 atom stereocenters. The molecule has 2 aromatic heterocycles. The molecule has 0 aliphatic carbocycles. The first kappa shape index (κ1) is 14.9. The van der Waals surface area contributed by atoms with Gasteiger partial charge in [0, 0.05) is 31.0 Å². The largest absolute Gasteiger partial charge is 0.360 e. The van der Waals surface area contributed by atoms with Gasteiger partial charge in [0.25, 0.3) is 5.91 Å². The molecule has 24 heavy (non-hydrogen) atoms. The Labute approximate surface area is 139 Å². The lowest BCUT2D eigenvalue weighted by Crippen LogP contribution is -2.37. The number of piperidine rings is 1. The van der Waals surface area contributed by atoms with E-state index in [1.165, 1.54) is 17.7 Å². The lowest BCUT2D eigenvalue weighted by molar-refractivity contribution is 0.0713. The maximum Gasteiger partial charge on any atom is 0.253 e. The minimum Gasteiger partial charge on any atom is -0.360 e. The van der Waals surface area contributed by atoms with Crippen LogP contribution in [0, 0.1) is 5.82 Å². The number of benzene rings is 1. The molecule has 3 aromatic rings. The minimum absolute atomic E-state index is 0.0926. The van der Waals surface area contributed by atoms with Crippen LogP contribution in [-0.2, 0) is 0 Å². The van der Waals surface area contributed by atoms with E-state index in [2.05, 4.69) is 9.97 Å². The molecule has 0 unspecified atom stereocenters. The van der Waals surface area contributed by atoms with Gasteiger partial charge in [-0.25, -0.2) is 4.39 Å². The number of halogens is 1. The van der Waals surface area contributed by atoms with Crippen LogP contribution < -0.4 is 0 Å². The fourth-order valence-electron chi connectivity index (χ4n) is 3.48. The van der Waals surface area contributed by atoms with Crippen molar-refractivity contribution in [3.63, 3.8) is 0 Å². The zero-order chi connectivity index (χ0) is 16.5. The number of H-pyrrole nitrogens is 1. The summed E-state index contributed by atoms with van der Waals surface area (Å²) in [5.41, 5.74) is 3.71. The van der Waals surface area contributed by atoms with Gasteiger partial charge in [-0.3, -0.25) is 9.78 Å². The summed E-state index contributed by atoms with van der Waals surface area (Å²) in [7, 11) is 0. The van der Waals surface area contributed by atoms with Crippen LogP contribution >= 0.6 is 0 Å². The smallest absolute Gasteiger partial charge is 0.253 e. The summed E-state index contributed by atoms with van der Waals surface area (Å²) >= 11 is 0. The maximum atomic E-state index is 13.3. The molecule has 1 aliphatic heterocycles. The number of amides is 1. The highest BCUT2D eigenvalue weighted by Gasteiger charge is 2.26. The molecule has 1 N–H and O–H groups in total. The second kappa shape index (κ2) is 6.07. The zero-order valence-electron chi connectivity index (χ0n) is 13.2. The molecule has 1 fully saturated rings. The second-order valence-corrected chi connectivity index (χ2v) is 6.22. The molecule has 4 rings (SSSR count). The van der Waals surface area contributed by atoms with Crippen LogP contribution in [0.25, 0.3) is 11.0 Å². The summed E-state index contributed by atoms with van der Waals surface area (Å²) in [6.07, 6.45) is 5.63. The Bertz CT molecular complexity index is 881. The number of nitrogens with zero attached hydrogens (tertiary/aromatic N) is 2. The fraction of sp³-hybridized carbons (Fsp3) is 0.263. The van der Waals surface area contributed by atoms with Gasteiger partial charge >= 0.3 is 0 Å². The molecule has 1 aliphatic rings. The van der Waals surface area contributed by atoms with Gasteiger partial charge in [0.2, 0.25) is 0 Å². The van der Waals surface area contributed by atoms with Crippen LogP contribution in [-0.4, -0.2) is 33.9 Å². The Balaban J connectivity index is 1.48. The van der Waals surface area contributed by atoms with E-state index in [0.717, 1.165) is 23.9 Å². The number of hydrogen-bond acceptors (Lipinski definition) is 2. The molecule has 0 bridgehead atoms. The number of nitrogens with one attached hydrogen (secondary N) is 1. The van der Waals surface area contributed by atoms with Crippen LogP contribution in [0.5, 0.6) is 0 Å². The quantitative estimate of drug-likeness (QED) is 0.781. The van der Waals surface area contributed by atoms with Gasteiger partial charge in [-0.05, 0) is 54.7 Å². The first-order valence-electron chi connectivity index (χ1n) is 8.19. The fourth-order valence-corrected chi connectivity index (χ4v) is 3.48. The van der Waals surface area contributed by atoms with Crippen molar-refractivity contribution in [3.05, 3.63) is 65.7 Å². The third kappa shape index (κ3) is 2.66. The number of carbonyl (C=O) groups excluding carboxylic acids is 1. The molecule has 0 saturated carbocycles. The predicted octanol–water partition coefficient (Wildman–Crippen LogP) is 3.72. The lowest BCUT2D eigenvalue weighted by atomic mass is 9.90. The highest BCUT2D eigenvalue weighted by Crippen LogP contribution is 2.32. The Kier molecular flexibility index (Phi) is 3.76. The van der Waals surface area contributed by atoms with Crippen molar-refractivity contribution in [2.45, 2.75) is 18.8 Å². The third-order valence-corrected chi connectivity index (χ3v) is 4.76. The van der Waals surface area contributed by atoms with E-state index in [1.807, 2.05) is 29.4 Å². The van der Waals surface area contributed by atoms with Crippen LogP contribution in [0.15, 0.2) is 48.8 Å². The molecule has 122 valence electrons. The number of aromatic nitrogens is 2. The van der Waals surface area contributed by atoms with Crippen LogP contribution in [0.2, 0.25) is 0 Å². The molecule has 0 spiro atoms. The van der Waals surface area contributed by atoms with Crippen molar-refractivity contribution in [2.75, 3.05) is 13.1 Å². The van der Waals surface area contributed by atoms with Crippen molar-refractivity contribution < 1.29 is 9.18 Å². The van der Waals surface area contributed by atoms with Crippen molar-refractivity contribution in [3.8, 4) is 0 Å². The normalized spacial score (nSPS) is 15.8. The van der Waals surface area contributed by atoms with E-state index in [-0.39, 0.29) is 11.7 Å². The second-order valence-electron chi connectivity index (χ2n) is 6.22. The first-order chi connectivity index (χ1) is 11.7. The number of aromatic amines is 1. The van der Waals surface area contributed by atoms with E-state index >= 15 is 0 Å². The Morgan fingerprint density at radius 3 is 2.83 bits per heavy atom. The van der Waals surface area contributed by atoms with E-state index in [9.17, 15) is 9.18 Å². The van der Waals surface area contributed by atoms with Gasteiger partial charge in [0.05, 0.1) is 11.0 Å². The summed E-state index contributed by atoms with van der Waals surface area (Å²) in [4.78, 5) is 22.1. The molecular formula is C19H18FN3O. The van der Waals surface area contributed by atoms with E-state index < -0.39 is 0 Å². The molecule has 4 nitrogen and oxygen atoms in total. The van der Waals surface area contributed by atoms with Gasteiger partial charge in [0.1, 0.15) is 5.82 Å². The van der Waals surface area contributed by atoms with Crippen molar-refractivity contribution >= 4 is 16.9 Å². The van der Waals surface area contributed by atoms with Gasteiger partial charge in [-0.1, -0.05) is 6.07 Å². The lowest BCUT2D eigenvalue weighted by Gasteiger charge is -2.32. The van der Waals surface area contributed by atoms with Crippen LogP contribution in [0.1, 0.15) is 34.7 Å². The van der Waals surface area contributed by atoms with E-state index in [1.54, 1.807) is 12.1 Å². The summed E-state index contributed by atoms with van der Waals surface area (Å²) < 4.78 is 13.3. The number of carbonyl (C=O) groups is 1. The molecule has 5 heteroatoms. The zero-order valence-corrected chi connectivity index (χ0v) is 13.2. The predicted molar refractivity (Wildman–Crippen MR) is 90.4 cm³/mol. The van der Waals surface area contributed by atoms with Crippen LogP contribution in [0.4, 0.5) is 4.39 Å². The Hall–Kier alpha value is -2.69. The monoisotopic (exact) mass is 323 g/mol. The molecule has 1 aromatic carbocycles. The summed E-state index contributed by atoms with van der Waals surface area (Å²) in [5.74, 6) is -0.0733. The summed E-state index contributed by atoms with van der Waals surface area (Å²) in [6.45, 7) is 1.36. The van der Waals surface area contributed by atoms with Gasteiger partial charge in [-0.2, -0.15) is 0 Å². The summed E-state index contributed by atoms with van der Waals surface area (Å²) in [5, 5.41) is 0. The number of fused-ring (bicyclic) bond motifs is 1. The van der Waals surface area contributed by atoms with Gasteiger partial charge in [-0.15, -0.1) is 0 Å². The van der Waals surface area contributed by atoms with E-state index in [0.29, 0.717) is 24.6 Å². The standard InChI is InChI=1S/C19H18FN3O/c20-15-4-1-3-14(11-15)19(24)23-9-6-13(7-10-23)16-12-22-17-5-2-8-21-18(16)17/h1-5,8,11-13,22H,6-7,9-10H2. The van der Waals surface area contributed by atoms with E-state index in [4.69, 9.17) is 0 Å². The molecular weight excluding hydrogens is 305 g/mol. The highest BCUT2D eigenvalue weighted by molar-refractivity contribution is 5.94. The number of rotatable bonds is 2. The van der Waals surface area contributed by atoms with Gasteiger partial charge < -0.3 is 9.88 Å². The van der Waals surface area contributed by atoms with Crippen molar-refractivity contribution in [2.24, 2.45) is 0 Å². The number of pyridine rings is 1. The Morgan fingerprint density at radius 2 is 2.04 bits per heavy atom. The average Bonchev–Trinajstić information content (AvgIpc) is 3.05. The SMILES string of the molecule is O=C(c1cccc(F)c1)N1CCC(c2c[nH]c3cccnc23)CC1. The summed E-state index contributed by atoms with van der Waals surface area (Å²) in [6, 6.07) is 9.84.